The van der Waals surface area contributed by atoms with Gasteiger partial charge >= 0.3 is 0 Å². The van der Waals surface area contributed by atoms with Gasteiger partial charge in [-0.3, -0.25) is 4.79 Å². The molecule has 6 heteroatoms. The first-order valence-corrected chi connectivity index (χ1v) is 5.63. The summed E-state index contributed by atoms with van der Waals surface area (Å²) in [6.07, 6.45) is 1.90. The molecule has 0 radical (unpaired) electrons. The Balaban J connectivity index is 2.17. The van der Waals surface area contributed by atoms with E-state index >= 15 is 0 Å². The third-order valence-electron chi connectivity index (χ3n) is 3.32. The van der Waals surface area contributed by atoms with Gasteiger partial charge in [-0.15, -0.1) is 0 Å². The second-order valence-corrected chi connectivity index (χ2v) is 4.39. The van der Waals surface area contributed by atoms with E-state index in [9.17, 15) is 9.18 Å². The number of halogens is 1. The van der Waals surface area contributed by atoms with Crippen LogP contribution in [-0.2, 0) is 4.79 Å². The summed E-state index contributed by atoms with van der Waals surface area (Å²) in [4.78, 5) is 12.1. The Bertz CT molecular complexity index is 498. The monoisotopic (exact) mass is 251 g/mol. The minimum absolute atomic E-state index is 0.0948. The van der Waals surface area contributed by atoms with Crippen LogP contribution >= 0.6 is 0 Å². The minimum Gasteiger partial charge on any atom is -0.409 e. The number of anilines is 1. The lowest BCUT2D eigenvalue weighted by Crippen LogP contribution is -2.51. The molecule has 2 rings (SSSR count). The number of amides is 1. The molecular weight excluding hydrogens is 237 g/mol. The van der Waals surface area contributed by atoms with E-state index in [2.05, 4.69) is 10.5 Å². The number of nitrogens with two attached hydrogens (primary N) is 1. The third-order valence-corrected chi connectivity index (χ3v) is 3.32. The van der Waals surface area contributed by atoms with Crippen molar-refractivity contribution >= 4 is 17.4 Å². The number of hydrogen-bond acceptors (Lipinski definition) is 3. The standard InChI is InChI=1S/C12H14FN3O2/c13-8-3-1-4-9(7-8)15-11(17)12(5-2-6-12)10(14)16-18/h1,3-4,7,18H,2,5-6H2,(H2,14,16)(H,15,17). The minimum atomic E-state index is -0.957. The molecule has 1 aliphatic carbocycles. The summed E-state index contributed by atoms with van der Waals surface area (Å²) >= 11 is 0. The van der Waals surface area contributed by atoms with Gasteiger partial charge in [0.15, 0.2) is 5.84 Å². The number of amidine groups is 1. The highest BCUT2D eigenvalue weighted by atomic mass is 19.1. The lowest BCUT2D eigenvalue weighted by molar-refractivity contribution is -0.125. The van der Waals surface area contributed by atoms with Crippen LogP contribution in [0.2, 0.25) is 0 Å². The number of carbonyl (C=O) groups is 1. The Hall–Kier alpha value is -2.11. The SMILES string of the molecule is N/C(=N/O)C1(C(=O)Nc2cccc(F)c2)CCC1. The molecule has 4 N–H and O–H groups in total. The van der Waals surface area contributed by atoms with Crippen LogP contribution in [0.3, 0.4) is 0 Å². The van der Waals surface area contributed by atoms with Crippen molar-refractivity contribution in [2.24, 2.45) is 16.3 Å². The molecule has 1 saturated carbocycles. The molecular formula is C12H14FN3O2. The molecule has 1 aromatic rings. The molecule has 96 valence electrons. The zero-order chi connectivity index (χ0) is 13.2. The second kappa shape index (κ2) is 4.64. The summed E-state index contributed by atoms with van der Waals surface area (Å²) in [6, 6.07) is 5.59. The fourth-order valence-corrected chi connectivity index (χ4v) is 2.04. The van der Waals surface area contributed by atoms with E-state index in [0.717, 1.165) is 6.42 Å². The summed E-state index contributed by atoms with van der Waals surface area (Å²) in [5.41, 5.74) is 4.96. The molecule has 5 nitrogen and oxygen atoms in total. The highest BCUT2D eigenvalue weighted by Crippen LogP contribution is 2.42. The molecule has 0 aromatic heterocycles. The summed E-state index contributed by atoms with van der Waals surface area (Å²) in [5, 5.41) is 14.2. The van der Waals surface area contributed by atoms with Crippen molar-refractivity contribution in [2.75, 3.05) is 5.32 Å². The van der Waals surface area contributed by atoms with Gasteiger partial charge in [-0.05, 0) is 31.0 Å². The molecule has 1 fully saturated rings. The van der Waals surface area contributed by atoms with Crippen molar-refractivity contribution in [3.05, 3.63) is 30.1 Å². The van der Waals surface area contributed by atoms with E-state index in [-0.39, 0.29) is 11.7 Å². The van der Waals surface area contributed by atoms with Crippen molar-refractivity contribution < 1.29 is 14.4 Å². The highest BCUT2D eigenvalue weighted by molar-refractivity contribution is 6.12. The van der Waals surface area contributed by atoms with Crippen LogP contribution in [-0.4, -0.2) is 17.0 Å². The van der Waals surface area contributed by atoms with Crippen molar-refractivity contribution in [2.45, 2.75) is 19.3 Å². The number of benzene rings is 1. The molecule has 0 spiro atoms. The average Bonchev–Trinajstić information content (AvgIpc) is 2.27. The Morgan fingerprint density at radius 1 is 1.50 bits per heavy atom. The predicted octanol–water partition coefficient (Wildman–Crippen LogP) is 1.68. The molecule has 0 aliphatic heterocycles. The molecule has 18 heavy (non-hydrogen) atoms. The highest BCUT2D eigenvalue weighted by Gasteiger charge is 2.48. The zero-order valence-corrected chi connectivity index (χ0v) is 9.69. The topological polar surface area (TPSA) is 87.7 Å². The number of hydrogen-bond donors (Lipinski definition) is 3. The summed E-state index contributed by atoms with van der Waals surface area (Å²) < 4.78 is 13.0. The Morgan fingerprint density at radius 3 is 2.72 bits per heavy atom. The van der Waals surface area contributed by atoms with Crippen LogP contribution in [0, 0.1) is 11.2 Å². The Kier molecular flexibility index (Phi) is 3.18. The summed E-state index contributed by atoms with van der Waals surface area (Å²) in [7, 11) is 0. The van der Waals surface area contributed by atoms with E-state index in [4.69, 9.17) is 10.9 Å². The van der Waals surface area contributed by atoms with Crippen LogP contribution in [0.25, 0.3) is 0 Å². The van der Waals surface area contributed by atoms with Gasteiger partial charge in [0.05, 0.1) is 0 Å². The molecule has 1 aliphatic rings. The van der Waals surface area contributed by atoms with Crippen LogP contribution in [0.4, 0.5) is 10.1 Å². The first-order chi connectivity index (χ1) is 8.58. The van der Waals surface area contributed by atoms with Gasteiger partial charge in [0.2, 0.25) is 5.91 Å². The van der Waals surface area contributed by atoms with E-state index in [0.29, 0.717) is 18.5 Å². The van der Waals surface area contributed by atoms with Gasteiger partial charge < -0.3 is 16.3 Å². The van der Waals surface area contributed by atoms with Crippen molar-refractivity contribution in [1.82, 2.24) is 0 Å². The third kappa shape index (κ3) is 2.01. The zero-order valence-electron chi connectivity index (χ0n) is 9.69. The maximum Gasteiger partial charge on any atom is 0.238 e. The normalized spacial score (nSPS) is 17.9. The lowest BCUT2D eigenvalue weighted by atomic mass is 9.67. The lowest BCUT2D eigenvalue weighted by Gasteiger charge is -2.38. The largest absolute Gasteiger partial charge is 0.409 e. The molecule has 1 amide bonds. The van der Waals surface area contributed by atoms with Crippen LogP contribution in [0.5, 0.6) is 0 Å². The van der Waals surface area contributed by atoms with E-state index in [1.807, 2.05) is 0 Å². The van der Waals surface area contributed by atoms with Crippen LogP contribution in [0.1, 0.15) is 19.3 Å². The van der Waals surface area contributed by atoms with Gasteiger partial charge in [-0.2, -0.15) is 0 Å². The van der Waals surface area contributed by atoms with E-state index in [1.54, 1.807) is 6.07 Å². The molecule has 0 heterocycles. The number of nitrogens with one attached hydrogen (secondary N) is 1. The van der Waals surface area contributed by atoms with Gasteiger partial charge in [-0.1, -0.05) is 17.6 Å². The number of rotatable bonds is 3. The summed E-state index contributed by atoms with van der Waals surface area (Å²) in [5.74, 6) is -0.892. The number of carbonyl (C=O) groups excluding carboxylic acids is 1. The first kappa shape index (κ1) is 12.3. The quantitative estimate of drug-likeness (QED) is 0.330. The smallest absolute Gasteiger partial charge is 0.238 e. The molecule has 0 saturated heterocycles. The number of oxime groups is 1. The molecule has 0 unspecified atom stereocenters. The fourth-order valence-electron chi connectivity index (χ4n) is 2.04. The van der Waals surface area contributed by atoms with Crippen molar-refractivity contribution in [3.63, 3.8) is 0 Å². The van der Waals surface area contributed by atoms with E-state index in [1.165, 1.54) is 18.2 Å². The Labute approximate surface area is 103 Å². The maximum atomic E-state index is 13.0. The molecule has 0 atom stereocenters. The van der Waals surface area contributed by atoms with Crippen LogP contribution < -0.4 is 11.1 Å². The van der Waals surface area contributed by atoms with Crippen LogP contribution in [0.15, 0.2) is 29.4 Å². The number of nitrogens with zero attached hydrogens (tertiary/aromatic N) is 1. The molecule has 1 aromatic carbocycles. The van der Waals surface area contributed by atoms with Gasteiger partial charge in [0.25, 0.3) is 0 Å². The first-order valence-electron chi connectivity index (χ1n) is 5.63. The molecule has 0 bridgehead atoms. The summed E-state index contributed by atoms with van der Waals surface area (Å²) in [6.45, 7) is 0. The van der Waals surface area contributed by atoms with E-state index < -0.39 is 11.2 Å². The average molecular weight is 251 g/mol. The van der Waals surface area contributed by atoms with Crippen molar-refractivity contribution in [3.8, 4) is 0 Å². The van der Waals surface area contributed by atoms with Crippen molar-refractivity contribution in [1.29, 1.82) is 0 Å². The second-order valence-electron chi connectivity index (χ2n) is 4.39. The predicted molar refractivity (Wildman–Crippen MR) is 64.7 cm³/mol. The maximum absolute atomic E-state index is 13.0. The Morgan fingerprint density at radius 2 is 2.22 bits per heavy atom. The fraction of sp³-hybridized carbons (Fsp3) is 0.333. The van der Waals surface area contributed by atoms with Gasteiger partial charge in [-0.25, -0.2) is 4.39 Å². The van der Waals surface area contributed by atoms with Gasteiger partial charge in [0, 0.05) is 5.69 Å². The van der Waals surface area contributed by atoms with Gasteiger partial charge in [0.1, 0.15) is 11.2 Å².